The first-order chi connectivity index (χ1) is 20.2. The summed E-state index contributed by atoms with van der Waals surface area (Å²) in [6.45, 7) is 0.179. The third kappa shape index (κ3) is 4.87. The summed E-state index contributed by atoms with van der Waals surface area (Å²) in [6.07, 6.45) is 0.545. The van der Waals surface area contributed by atoms with Crippen LogP contribution in [-0.2, 0) is 18.4 Å². The zero-order chi connectivity index (χ0) is 29.2. The van der Waals surface area contributed by atoms with Gasteiger partial charge in [0, 0.05) is 47.2 Å². The van der Waals surface area contributed by atoms with Crippen LogP contribution in [0.15, 0.2) is 47.0 Å². The van der Waals surface area contributed by atoms with E-state index in [4.69, 9.17) is 9.26 Å². The van der Waals surface area contributed by atoms with Crippen LogP contribution in [0.25, 0.3) is 22.2 Å². The zero-order valence-electron chi connectivity index (χ0n) is 22.8. The van der Waals surface area contributed by atoms with Gasteiger partial charge in [-0.05, 0) is 68.9 Å². The minimum atomic E-state index is -4.83. The van der Waals surface area contributed by atoms with Crippen molar-refractivity contribution in [3.8, 4) is 17.0 Å². The number of aryl methyl sites for hydroxylation is 1. The highest BCUT2D eigenvalue weighted by atomic mass is 19.4. The fourth-order valence-corrected chi connectivity index (χ4v) is 6.67. The van der Waals surface area contributed by atoms with E-state index in [1.54, 1.807) is 23.9 Å². The fourth-order valence-electron chi connectivity index (χ4n) is 6.67. The van der Waals surface area contributed by atoms with Crippen molar-refractivity contribution in [1.82, 2.24) is 14.9 Å². The number of carboxylic acid groups (broad SMARTS) is 1. The second-order valence-corrected chi connectivity index (χ2v) is 11.4. The van der Waals surface area contributed by atoms with Crippen LogP contribution in [0, 0.1) is 0 Å². The van der Waals surface area contributed by atoms with Crippen LogP contribution in [0.5, 0.6) is 5.75 Å². The van der Waals surface area contributed by atoms with E-state index >= 15 is 0 Å². The number of carbonyl (C=O) groups is 1. The van der Waals surface area contributed by atoms with Gasteiger partial charge in [0.15, 0.2) is 5.69 Å². The van der Waals surface area contributed by atoms with E-state index in [0.29, 0.717) is 22.4 Å². The molecule has 220 valence electrons. The van der Waals surface area contributed by atoms with Crippen LogP contribution in [0.3, 0.4) is 0 Å². The van der Waals surface area contributed by atoms with Gasteiger partial charge >= 0.3 is 12.3 Å². The van der Waals surface area contributed by atoms with Crippen LogP contribution < -0.4 is 9.64 Å². The summed E-state index contributed by atoms with van der Waals surface area (Å²) in [6, 6.07) is 12.3. The van der Waals surface area contributed by atoms with Crippen LogP contribution in [0.1, 0.15) is 66.3 Å². The molecule has 2 aromatic carbocycles. The number of anilines is 1. The lowest BCUT2D eigenvalue weighted by atomic mass is 9.98. The molecule has 4 heterocycles. The summed E-state index contributed by atoms with van der Waals surface area (Å²) in [7, 11) is 1.73. The van der Waals surface area contributed by atoms with Gasteiger partial charge in [-0.25, -0.2) is 4.79 Å². The number of aromatic nitrogens is 3. The lowest BCUT2D eigenvalue weighted by Crippen LogP contribution is -2.45. The number of ether oxygens (including phenoxy) is 2. The highest BCUT2D eigenvalue weighted by Gasteiger charge is 2.42. The zero-order valence-corrected chi connectivity index (χ0v) is 22.8. The topological polar surface area (TPSA) is 103 Å². The number of piperidine rings is 1. The Hall–Kier alpha value is -4.06. The Balaban J connectivity index is 1.11. The Labute approximate surface area is 238 Å². The molecule has 2 bridgehead atoms. The summed E-state index contributed by atoms with van der Waals surface area (Å²) in [5.41, 5.74) is 2.98. The van der Waals surface area contributed by atoms with Crippen molar-refractivity contribution in [2.24, 2.45) is 7.05 Å². The molecule has 2 aliphatic heterocycles. The monoisotopic (exact) mass is 582 g/mol. The summed E-state index contributed by atoms with van der Waals surface area (Å²) < 4.78 is 57.3. The third-order valence-corrected chi connectivity index (χ3v) is 8.62. The van der Waals surface area contributed by atoms with Gasteiger partial charge in [0.25, 0.3) is 0 Å². The van der Waals surface area contributed by atoms with E-state index < -0.39 is 12.3 Å². The van der Waals surface area contributed by atoms with Crippen LogP contribution in [0.4, 0.5) is 18.9 Å². The van der Waals surface area contributed by atoms with Crippen molar-refractivity contribution >= 4 is 22.6 Å². The number of fused-ring (bicyclic) bond motifs is 3. The predicted molar refractivity (Wildman–Crippen MR) is 145 cm³/mol. The maximum Gasteiger partial charge on any atom is 0.573 e. The van der Waals surface area contributed by atoms with E-state index in [1.807, 2.05) is 18.2 Å². The third-order valence-electron chi connectivity index (χ3n) is 8.62. The van der Waals surface area contributed by atoms with Crippen molar-refractivity contribution in [3.05, 3.63) is 59.5 Å². The van der Waals surface area contributed by atoms with Gasteiger partial charge in [-0.3, -0.25) is 4.68 Å². The standard InChI is InChI=1S/C30H29F3N4O5/c1-36-24-11-10-19(14-22(24)27(34-36)29(38)39)37-17-8-9-18(37)13-20(12-17)40-15-23-26(35-42-28(23)16-6-7-16)21-4-2-3-5-25(21)41-30(31,32)33/h2-5,10-11,14,16-18,20H,6-9,12-13,15H2,1H3,(H,38,39)/t17-,18?,20?/m0/s1. The summed E-state index contributed by atoms with van der Waals surface area (Å²) in [5, 5.41) is 18.6. The normalized spacial score (nSPS) is 22.2. The van der Waals surface area contributed by atoms with Gasteiger partial charge in [-0.1, -0.05) is 17.3 Å². The number of aromatic carboxylic acids is 1. The first-order valence-corrected chi connectivity index (χ1v) is 14.1. The number of benzene rings is 2. The number of alkyl halides is 3. The van der Waals surface area contributed by atoms with Gasteiger partial charge in [0.2, 0.25) is 0 Å². The molecule has 3 fully saturated rings. The second kappa shape index (κ2) is 10.0. The van der Waals surface area contributed by atoms with Gasteiger partial charge < -0.3 is 24.0 Å². The molecule has 1 N–H and O–H groups in total. The molecule has 1 saturated carbocycles. The molecule has 3 aliphatic rings. The summed E-state index contributed by atoms with van der Waals surface area (Å²) >= 11 is 0. The minimum absolute atomic E-state index is 0.0399. The van der Waals surface area contributed by atoms with Crippen molar-refractivity contribution in [2.45, 2.75) is 75.6 Å². The average Bonchev–Trinajstić information content (AvgIpc) is 3.54. The van der Waals surface area contributed by atoms with E-state index in [2.05, 4.69) is 19.9 Å². The van der Waals surface area contributed by atoms with Crippen molar-refractivity contribution < 1.29 is 37.1 Å². The fraction of sp³-hybridized carbons (Fsp3) is 0.433. The Morgan fingerprint density at radius 2 is 1.83 bits per heavy atom. The van der Waals surface area contributed by atoms with Crippen molar-refractivity contribution in [1.29, 1.82) is 0 Å². The molecule has 0 amide bonds. The van der Waals surface area contributed by atoms with Gasteiger partial charge in [0.05, 0.1) is 18.2 Å². The number of para-hydroxylation sites is 1. The number of halogens is 3. The molecule has 12 heteroatoms. The molecule has 0 radical (unpaired) electrons. The van der Waals surface area contributed by atoms with Crippen molar-refractivity contribution in [2.75, 3.05) is 4.90 Å². The molecule has 2 aromatic heterocycles. The Morgan fingerprint density at radius 3 is 2.52 bits per heavy atom. The molecule has 4 aromatic rings. The van der Waals surface area contributed by atoms with E-state index in [0.717, 1.165) is 49.7 Å². The summed E-state index contributed by atoms with van der Waals surface area (Å²) in [4.78, 5) is 14.1. The lowest BCUT2D eigenvalue weighted by molar-refractivity contribution is -0.274. The molecule has 2 saturated heterocycles. The number of hydrogen-bond acceptors (Lipinski definition) is 7. The highest BCUT2D eigenvalue weighted by Crippen LogP contribution is 2.47. The molecule has 2 unspecified atom stereocenters. The quantitative estimate of drug-likeness (QED) is 0.254. The van der Waals surface area contributed by atoms with Crippen LogP contribution in [0.2, 0.25) is 0 Å². The number of rotatable bonds is 8. The average molecular weight is 583 g/mol. The smallest absolute Gasteiger partial charge is 0.476 e. The molecular formula is C30H29F3N4O5. The maximum atomic E-state index is 13.1. The molecule has 9 nitrogen and oxygen atoms in total. The van der Waals surface area contributed by atoms with E-state index in [9.17, 15) is 23.1 Å². The largest absolute Gasteiger partial charge is 0.573 e. The van der Waals surface area contributed by atoms with Crippen molar-refractivity contribution in [3.63, 3.8) is 0 Å². The number of nitrogens with zero attached hydrogens (tertiary/aromatic N) is 4. The van der Waals surface area contributed by atoms with E-state index in [1.165, 1.54) is 12.1 Å². The molecule has 7 rings (SSSR count). The first-order valence-electron chi connectivity index (χ1n) is 14.1. The SMILES string of the molecule is Cn1nc(C(=O)O)c2cc(N3C4CC[C@H]3CC(OCc3c(-c5ccccc5OC(F)(F)F)noc3C3CC3)C4)ccc21. The molecular weight excluding hydrogens is 553 g/mol. The molecule has 0 spiro atoms. The molecule has 1 aliphatic carbocycles. The number of hydrogen-bond donors (Lipinski definition) is 1. The van der Waals surface area contributed by atoms with Gasteiger partial charge in [-0.2, -0.15) is 5.10 Å². The van der Waals surface area contributed by atoms with Crippen LogP contribution in [-0.4, -0.2) is 50.6 Å². The lowest BCUT2D eigenvalue weighted by Gasteiger charge is -2.40. The molecule has 3 atom stereocenters. The van der Waals surface area contributed by atoms with E-state index in [-0.39, 0.29) is 47.7 Å². The summed E-state index contributed by atoms with van der Waals surface area (Å²) in [5.74, 6) is -0.521. The van der Waals surface area contributed by atoms with Crippen LogP contribution >= 0.6 is 0 Å². The predicted octanol–water partition coefficient (Wildman–Crippen LogP) is 6.42. The molecule has 42 heavy (non-hydrogen) atoms. The first kappa shape index (κ1) is 26.8. The number of carboxylic acids is 1. The Morgan fingerprint density at radius 1 is 1.10 bits per heavy atom. The maximum absolute atomic E-state index is 13.1. The Kier molecular flexibility index (Phi) is 6.41. The Bertz CT molecular complexity index is 1650. The highest BCUT2D eigenvalue weighted by molar-refractivity contribution is 6.02. The second-order valence-electron chi connectivity index (χ2n) is 11.4. The van der Waals surface area contributed by atoms with Gasteiger partial charge in [0.1, 0.15) is 17.2 Å². The minimum Gasteiger partial charge on any atom is -0.476 e. The van der Waals surface area contributed by atoms with Gasteiger partial charge in [-0.15, -0.1) is 13.2 Å².